The van der Waals surface area contributed by atoms with Crippen LogP contribution >= 0.6 is 0 Å². The van der Waals surface area contributed by atoms with E-state index in [1.807, 2.05) is 0 Å². The predicted octanol–water partition coefficient (Wildman–Crippen LogP) is 4.42. The molecule has 1 unspecified atom stereocenters. The molecule has 1 heterocycles. The number of hydrogen-bond donors (Lipinski definition) is 1. The SMILES string of the molecule is Cc1oc(C)c(C(N)C23CC4CC(CC(C4)C2)C3)c1C. The van der Waals surface area contributed by atoms with Crippen LogP contribution in [0.1, 0.15) is 67.2 Å². The highest BCUT2D eigenvalue weighted by molar-refractivity contribution is 5.36. The third-order valence-corrected chi connectivity index (χ3v) is 6.67. The van der Waals surface area contributed by atoms with Crippen molar-refractivity contribution < 1.29 is 4.42 Å². The smallest absolute Gasteiger partial charge is 0.106 e. The van der Waals surface area contributed by atoms with Crippen molar-refractivity contribution in [3.63, 3.8) is 0 Å². The predicted molar refractivity (Wildman–Crippen MR) is 80.5 cm³/mol. The molecule has 1 aromatic rings. The zero-order valence-corrected chi connectivity index (χ0v) is 13.0. The van der Waals surface area contributed by atoms with Gasteiger partial charge in [0.2, 0.25) is 0 Å². The van der Waals surface area contributed by atoms with Gasteiger partial charge in [-0.05, 0) is 88.0 Å². The second-order valence-corrected chi connectivity index (χ2v) is 8.01. The molecule has 0 aliphatic heterocycles. The fourth-order valence-electron chi connectivity index (χ4n) is 6.13. The summed E-state index contributed by atoms with van der Waals surface area (Å²) in [5, 5.41) is 0. The molecule has 1 aromatic heterocycles. The molecule has 0 amide bonds. The van der Waals surface area contributed by atoms with Gasteiger partial charge in [-0.1, -0.05) is 0 Å². The fourth-order valence-corrected chi connectivity index (χ4v) is 6.13. The normalized spacial score (nSPS) is 40.3. The maximum atomic E-state index is 6.85. The summed E-state index contributed by atoms with van der Waals surface area (Å²) in [5.41, 5.74) is 9.85. The molecule has 4 aliphatic rings. The van der Waals surface area contributed by atoms with Crippen molar-refractivity contribution in [2.24, 2.45) is 28.9 Å². The van der Waals surface area contributed by atoms with Gasteiger partial charge in [0.15, 0.2) is 0 Å². The summed E-state index contributed by atoms with van der Waals surface area (Å²) < 4.78 is 5.85. The molecule has 2 N–H and O–H groups in total. The average molecular weight is 273 g/mol. The molecular formula is C18H27NO. The summed E-state index contributed by atoms with van der Waals surface area (Å²) in [5.74, 6) is 4.99. The molecule has 4 aliphatic carbocycles. The number of nitrogens with two attached hydrogens (primary N) is 1. The molecule has 5 rings (SSSR count). The Morgan fingerprint density at radius 2 is 1.45 bits per heavy atom. The van der Waals surface area contributed by atoms with Crippen LogP contribution < -0.4 is 5.73 Å². The molecule has 0 radical (unpaired) electrons. The van der Waals surface area contributed by atoms with E-state index in [1.165, 1.54) is 49.7 Å². The van der Waals surface area contributed by atoms with Gasteiger partial charge in [-0.15, -0.1) is 0 Å². The molecule has 2 nitrogen and oxygen atoms in total. The van der Waals surface area contributed by atoms with E-state index >= 15 is 0 Å². The van der Waals surface area contributed by atoms with Crippen molar-refractivity contribution >= 4 is 0 Å². The van der Waals surface area contributed by atoms with Crippen molar-refractivity contribution in [2.75, 3.05) is 0 Å². The standard InChI is InChI=1S/C18H27NO/c1-10-11(2)20-12(3)16(10)17(19)18-7-13-4-14(8-18)6-15(5-13)9-18/h13-15,17H,4-9,19H2,1-3H3. The third-order valence-electron chi connectivity index (χ3n) is 6.67. The van der Waals surface area contributed by atoms with E-state index in [4.69, 9.17) is 10.2 Å². The number of aryl methyl sites for hydroxylation is 2. The van der Waals surface area contributed by atoms with Gasteiger partial charge in [-0.25, -0.2) is 0 Å². The quantitative estimate of drug-likeness (QED) is 0.866. The number of furan rings is 1. The van der Waals surface area contributed by atoms with Gasteiger partial charge in [0, 0.05) is 11.6 Å². The minimum atomic E-state index is 0.188. The van der Waals surface area contributed by atoms with Crippen LogP contribution in [0.3, 0.4) is 0 Å². The Morgan fingerprint density at radius 1 is 0.950 bits per heavy atom. The van der Waals surface area contributed by atoms with E-state index in [1.54, 1.807) is 0 Å². The fraction of sp³-hybridized carbons (Fsp3) is 0.778. The first-order valence-corrected chi connectivity index (χ1v) is 8.30. The van der Waals surface area contributed by atoms with Crippen LogP contribution in [0, 0.1) is 43.9 Å². The lowest BCUT2D eigenvalue weighted by molar-refractivity contribution is -0.0680. The Morgan fingerprint density at radius 3 is 1.85 bits per heavy atom. The van der Waals surface area contributed by atoms with E-state index in [9.17, 15) is 0 Å². The average Bonchev–Trinajstić information content (AvgIpc) is 2.60. The van der Waals surface area contributed by atoms with Crippen LogP contribution in [0.5, 0.6) is 0 Å². The zero-order chi connectivity index (χ0) is 14.1. The number of hydrogen-bond acceptors (Lipinski definition) is 2. The van der Waals surface area contributed by atoms with Crippen molar-refractivity contribution in [3.05, 3.63) is 22.6 Å². The lowest BCUT2D eigenvalue weighted by Gasteiger charge is -2.59. The van der Waals surface area contributed by atoms with Crippen LogP contribution in [0.15, 0.2) is 4.42 Å². The van der Waals surface area contributed by atoms with Gasteiger partial charge in [-0.2, -0.15) is 0 Å². The van der Waals surface area contributed by atoms with Crippen LogP contribution in [0.25, 0.3) is 0 Å². The van der Waals surface area contributed by atoms with Crippen molar-refractivity contribution in [3.8, 4) is 0 Å². The van der Waals surface area contributed by atoms with Crippen LogP contribution in [0.4, 0.5) is 0 Å². The zero-order valence-electron chi connectivity index (χ0n) is 13.0. The van der Waals surface area contributed by atoms with Gasteiger partial charge in [0.05, 0.1) is 0 Å². The summed E-state index contributed by atoms with van der Waals surface area (Å²) in [7, 11) is 0. The van der Waals surface area contributed by atoms with Gasteiger partial charge < -0.3 is 10.2 Å². The first-order valence-electron chi connectivity index (χ1n) is 8.30. The monoisotopic (exact) mass is 273 g/mol. The number of rotatable bonds is 2. The molecule has 4 saturated carbocycles. The molecule has 0 saturated heterocycles. The van der Waals surface area contributed by atoms with Crippen LogP contribution in [-0.2, 0) is 0 Å². The summed E-state index contributed by atoms with van der Waals surface area (Å²) >= 11 is 0. The molecule has 20 heavy (non-hydrogen) atoms. The van der Waals surface area contributed by atoms with E-state index in [-0.39, 0.29) is 6.04 Å². The second-order valence-electron chi connectivity index (χ2n) is 8.01. The first kappa shape index (κ1) is 12.9. The Bertz CT molecular complexity index is 507. The lowest BCUT2D eigenvalue weighted by Crippen LogP contribution is -2.51. The molecule has 4 fully saturated rings. The lowest BCUT2D eigenvalue weighted by atomic mass is 9.47. The topological polar surface area (TPSA) is 39.2 Å². The van der Waals surface area contributed by atoms with Gasteiger partial charge in [0.25, 0.3) is 0 Å². The van der Waals surface area contributed by atoms with E-state index < -0.39 is 0 Å². The highest BCUT2D eigenvalue weighted by Gasteiger charge is 2.54. The molecule has 0 aromatic carbocycles. The summed E-state index contributed by atoms with van der Waals surface area (Å²) in [6, 6.07) is 0.188. The summed E-state index contributed by atoms with van der Waals surface area (Å²) in [6.07, 6.45) is 8.53. The summed E-state index contributed by atoms with van der Waals surface area (Å²) in [6.45, 7) is 6.34. The maximum Gasteiger partial charge on any atom is 0.106 e. The van der Waals surface area contributed by atoms with E-state index in [0.717, 1.165) is 29.3 Å². The largest absolute Gasteiger partial charge is 0.466 e. The van der Waals surface area contributed by atoms with Crippen molar-refractivity contribution in [1.29, 1.82) is 0 Å². The molecule has 2 heteroatoms. The Balaban J connectivity index is 1.73. The molecule has 1 atom stereocenters. The molecule has 110 valence electrons. The van der Waals surface area contributed by atoms with E-state index in [0.29, 0.717) is 5.41 Å². The molecule has 0 spiro atoms. The minimum Gasteiger partial charge on any atom is -0.466 e. The first-order chi connectivity index (χ1) is 9.48. The van der Waals surface area contributed by atoms with Gasteiger partial charge >= 0.3 is 0 Å². The van der Waals surface area contributed by atoms with Crippen LogP contribution in [-0.4, -0.2) is 0 Å². The second kappa shape index (κ2) is 4.13. The third kappa shape index (κ3) is 1.67. The highest BCUT2D eigenvalue weighted by Crippen LogP contribution is 2.63. The van der Waals surface area contributed by atoms with Crippen LogP contribution in [0.2, 0.25) is 0 Å². The van der Waals surface area contributed by atoms with Crippen molar-refractivity contribution in [1.82, 2.24) is 0 Å². The molecule has 4 bridgehead atoms. The highest BCUT2D eigenvalue weighted by atomic mass is 16.3. The Labute approximate surface area is 122 Å². The Hall–Kier alpha value is -0.760. The van der Waals surface area contributed by atoms with Crippen molar-refractivity contribution in [2.45, 2.75) is 65.3 Å². The molecular weight excluding hydrogens is 246 g/mol. The summed E-state index contributed by atoms with van der Waals surface area (Å²) in [4.78, 5) is 0. The Kier molecular flexibility index (Phi) is 2.67. The minimum absolute atomic E-state index is 0.188. The van der Waals surface area contributed by atoms with Gasteiger partial charge in [-0.3, -0.25) is 0 Å². The van der Waals surface area contributed by atoms with Gasteiger partial charge in [0.1, 0.15) is 11.5 Å². The maximum absolute atomic E-state index is 6.85. The van der Waals surface area contributed by atoms with E-state index in [2.05, 4.69) is 20.8 Å².